The number of nitrogens with one attached hydrogen (secondary N) is 1. The normalized spacial score (nSPS) is 19.6. The zero-order valence-corrected chi connectivity index (χ0v) is 11.6. The van der Waals surface area contributed by atoms with Crippen LogP contribution in [-0.4, -0.2) is 29.9 Å². The number of carbonyl (C=O) groups excluding carboxylic acids is 1. The molecule has 1 amide bonds. The van der Waals surface area contributed by atoms with E-state index in [1.807, 2.05) is 24.3 Å². The molecule has 1 atom stereocenters. The molecule has 2 rings (SSSR count). The first-order chi connectivity index (χ1) is 9.19. The van der Waals surface area contributed by atoms with Gasteiger partial charge in [0.15, 0.2) is 0 Å². The van der Waals surface area contributed by atoms with Gasteiger partial charge in [0.2, 0.25) is 5.91 Å². The Morgan fingerprint density at radius 1 is 1.53 bits per heavy atom. The summed E-state index contributed by atoms with van der Waals surface area (Å²) in [4.78, 5) is 14.3. The molecule has 19 heavy (non-hydrogen) atoms. The van der Waals surface area contributed by atoms with Gasteiger partial charge in [-0.25, -0.2) is 0 Å². The number of nitrogens with two attached hydrogens (primary N) is 1. The fourth-order valence-corrected chi connectivity index (χ4v) is 2.57. The second kappa shape index (κ2) is 6.68. The SMILES string of the molecule is CC1CCCN1CCC(=O)Nc1cccc(CN)c1. The van der Waals surface area contributed by atoms with Gasteiger partial charge in [-0.1, -0.05) is 12.1 Å². The topological polar surface area (TPSA) is 58.4 Å². The van der Waals surface area contributed by atoms with Crippen molar-refractivity contribution < 1.29 is 4.79 Å². The van der Waals surface area contributed by atoms with Crippen molar-refractivity contribution in [3.8, 4) is 0 Å². The maximum absolute atomic E-state index is 11.9. The maximum Gasteiger partial charge on any atom is 0.225 e. The number of anilines is 1. The number of nitrogens with zero attached hydrogens (tertiary/aromatic N) is 1. The van der Waals surface area contributed by atoms with Crippen LogP contribution in [0.1, 0.15) is 31.7 Å². The zero-order valence-electron chi connectivity index (χ0n) is 11.6. The third-order valence-electron chi connectivity index (χ3n) is 3.76. The summed E-state index contributed by atoms with van der Waals surface area (Å²) in [5.41, 5.74) is 7.46. The van der Waals surface area contributed by atoms with E-state index in [-0.39, 0.29) is 5.91 Å². The minimum absolute atomic E-state index is 0.0771. The van der Waals surface area contributed by atoms with Crippen LogP contribution in [0.25, 0.3) is 0 Å². The summed E-state index contributed by atoms with van der Waals surface area (Å²) in [6.07, 6.45) is 3.05. The number of hydrogen-bond acceptors (Lipinski definition) is 3. The van der Waals surface area contributed by atoms with Gasteiger partial charge in [-0.3, -0.25) is 4.79 Å². The molecule has 0 spiro atoms. The van der Waals surface area contributed by atoms with Crippen LogP contribution >= 0.6 is 0 Å². The minimum atomic E-state index is 0.0771. The summed E-state index contributed by atoms with van der Waals surface area (Å²) in [6, 6.07) is 8.32. The number of amides is 1. The smallest absolute Gasteiger partial charge is 0.225 e. The molecule has 4 heteroatoms. The minimum Gasteiger partial charge on any atom is -0.326 e. The predicted molar refractivity (Wildman–Crippen MR) is 77.8 cm³/mol. The Balaban J connectivity index is 1.80. The van der Waals surface area contributed by atoms with Gasteiger partial charge in [0.25, 0.3) is 0 Å². The fraction of sp³-hybridized carbons (Fsp3) is 0.533. The Bertz CT molecular complexity index is 433. The van der Waals surface area contributed by atoms with E-state index < -0.39 is 0 Å². The molecule has 1 heterocycles. The second-order valence-electron chi connectivity index (χ2n) is 5.23. The van der Waals surface area contributed by atoms with Crippen molar-refractivity contribution in [3.05, 3.63) is 29.8 Å². The van der Waals surface area contributed by atoms with Crippen LogP contribution in [0.2, 0.25) is 0 Å². The van der Waals surface area contributed by atoms with E-state index in [1.54, 1.807) is 0 Å². The first-order valence-corrected chi connectivity index (χ1v) is 7.02. The van der Waals surface area contributed by atoms with Crippen LogP contribution in [0.3, 0.4) is 0 Å². The van der Waals surface area contributed by atoms with Crippen LogP contribution in [-0.2, 0) is 11.3 Å². The van der Waals surface area contributed by atoms with E-state index in [2.05, 4.69) is 17.1 Å². The van der Waals surface area contributed by atoms with Crippen LogP contribution in [0.5, 0.6) is 0 Å². The Labute approximate surface area is 115 Å². The number of rotatable bonds is 5. The van der Waals surface area contributed by atoms with Crippen LogP contribution in [0.4, 0.5) is 5.69 Å². The molecule has 1 unspecified atom stereocenters. The van der Waals surface area contributed by atoms with Gasteiger partial charge in [0.1, 0.15) is 0 Å². The summed E-state index contributed by atoms with van der Waals surface area (Å²) >= 11 is 0. The molecule has 0 aromatic heterocycles. The predicted octanol–water partition coefficient (Wildman–Crippen LogP) is 1.96. The van der Waals surface area contributed by atoms with Gasteiger partial charge in [0.05, 0.1) is 0 Å². The van der Waals surface area contributed by atoms with Crippen molar-refractivity contribution in [1.29, 1.82) is 0 Å². The Morgan fingerprint density at radius 3 is 3.05 bits per heavy atom. The van der Waals surface area contributed by atoms with Crippen molar-refractivity contribution in [3.63, 3.8) is 0 Å². The molecule has 1 fully saturated rings. The van der Waals surface area contributed by atoms with Crippen LogP contribution in [0, 0.1) is 0 Å². The lowest BCUT2D eigenvalue weighted by atomic mass is 10.2. The molecule has 0 aliphatic carbocycles. The highest BCUT2D eigenvalue weighted by Gasteiger charge is 2.20. The molecule has 1 aliphatic heterocycles. The van der Waals surface area contributed by atoms with Crippen LogP contribution in [0.15, 0.2) is 24.3 Å². The monoisotopic (exact) mass is 261 g/mol. The van der Waals surface area contributed by atoms with Crippen molar-refractivity contribution in [2.45, 2.75) is 38.8 Å². The highest BCUT2D eigenvalue weighted by Crippen LogP contribution is 2.16. The summed E-state index contributed by atoms with van der Waals surface area (Å²) in [7, 11) is 0. The molecule has 4 nitrogen and oxygen atoms in total. The first-order valence-electron chi connectivity index (χ1n) is 7.02. The largest absolute Gasteiger partial charge is 0.326 e. The average Bonchev–Trinajstić information content (AvgIpc) is 2.82. The van der Waals surface area contributed by atoms with E-state index in [4.69, 9.17) is 5.73 Å². The van der Waals surface area contributed by atoms with Gasteiger partial charge in [-0.15, -0.1) is 0 Å². The van der Waals surface area contributed by atoms with E-state index in [9.17, 15) is 4.79 Å². The van der Waals surface area contributed by atoms with Crippen molar-refractivity contribution in [2.75, 3.05) is 18.4 Å². The molecule has 0 radical (unpaired) electrons. The lowest BCUT2D eigenvalue weighted by Gasteiger charge is -2.20. The summed E-state index contributed by atoms with van der Waals surface area (Å²) in [5.74, 6) is 0.0771. The molecular weight excluding hydrogens is 238 g/mol. The van der Waals surface area contributed by atoms with Gasteiger partial charge < -0.3 is 16.0 Å². The van der Waals surface area contributed by atoms with Gasteiger partial charge in [-0.2, -0.15) is 0 Å². The maximum atomic E-state index is 11.9. The Kier molecular flexibility index (Phi) is 4.93. The van der Waals surface area contributed by atoms with E-state index in [0.29, 0.717) is 19.0 Å². The number of likely N-dealkylation sites (tertiary alicyclic amines) is 1. The summed E-state index contributed by atoms with van der Waals surface area (Å²) in [5, 5.41) is 2.93. The van der Waals surface area contributed by atoms with Crippen LogP contribution < -0.4 is 11.1 Å². The quantitative estimate of drug-likeness (QED) is 0.852. The molecular formula is C15H23N3O. The Hall–Kier alpha value is -1.39. The van der Waals surface area contributed by atoms with Crippen molar-refractivity contribution in [1.82, 2.24) is 4.90 Å². The molecule has 0 bridgehead atoms. The van der Waals surface area contributed by atoms with Crippen molar-refractivity contribution in [2.24, 2.45) is 5.73 Å². The average molecular weight is 261 g/mol. The molecule has 1 saturated heterocycles. The van der Waals surface area contributed by atoms with E-state index in [0.717, 1.165) is 24.3 Å². The number of benzene rings is 1. The zero-order chi connectivity index (χ0) is 13.7. The molecule has 0 saturated carbocycles. The highest BCUT2D eigenvalue weighted by atomic mass is 16.1. The van der Waals surface area contributed by atoms with Gasteiger partial charge in [0, 0.05) is 31.2 Å². The number of carbonyl (C=O) groups is 1. The molecule has 1 aromatic rings. The number of hydrogen-bond donors (Lipinski definition) is 2. The fourth-order valence-electron chi connectivity index (χ4n) is 2.57. The molecule has 3 N–H and O–H groups in total. The molecule has 1 aliphatic rings. The standard InChI is InChI=1S/C15H23N3O/c1-12-4-3-8-18(12)9-7-15(19)17-14-6-2-5-13(10-14)11-16/h2,5-6,10,12H,3-4,7-9,11,16H2,1H3,(H,17,19). The summed E-state index contributed by atoms with van der Waals surface area (Å²) < 4.78 is 0. The second-order valence-corrected chi connectivity index (χ2v) is 5.23. The Morgan fingerprint density at radius 2 is 2.37 bits per heavy atom. The summed E-state index contributed by atoms with van der Waals surface area (Å²) in [6.45, 7) is 4.70. The first kappa shape index (κ1) is 14.0. The lowest BCUT2D eigenvalue weighted by molar-refractivity contribution is -0.116. The third kappa shape index (κ3) is 4.04. The van der Waals surface area contributed by atoms with E-state index >= 15 is 0 Å². The highest BCUT2D eigenvalue weighted by molar-refractivity contribution is 5.90. The lowest BCUT2D eigenvalue weighted by Crippen LogP contribution is -2.30. The van der Waals surface area contributed by atoms with Gasteiger partial charge in [-0.05, 0) is 44.0 Å². The van der Waals surface area contributed by atoms with Gasteiger partial charge >= 0.3 is 0 Å². The van der Waals surface area contributed by atoms with Crippen molar-refractivity contribution >= 4 is 11.6 Å². The van der Waals surface area contributed by atoms with E-state index in [1.165, 1.54) is 12.8 Å². The molecule has 104 valence electrons. The molecule has 1 aromatic carbocycles. The third-order valence-corrected chi connectivity index (χ3v) is 3.76.